The normalized spacial score (nSPS) is 18.8. The summed E-state index contributed by atoms with van der Waals surface area (Å²) >= 11 is 4.83. The zero-order valence-corrected chi connectivity index (χ0v) is 86.7. The number of thiazole rings is 1. The third-order valence-electron chi connectivity index (χ3n) is 25.0. The van der Waals surface area contributed by atoms with Gasteiger partial charge >= 0.3 is 59.9 Å². The van der Waals surface area contributed by atoms with Gasteiger partial charge in [-0.1, -0.05) is 65.0 Å². The van der Waals surface area contributed by atoms with Crippen molar-refractivity contribution < 1.29 is 138 Å². The second-order valence-electron chi connectivity index (χ2n) is 35.2. The van der Waals surface area contributed by atoms with Gasteiger partial charge in [0.15, 0.2) is 11.5 Å². The fourth-order valence-corrected chi connectivity index (χ4v) is 19.8. The summed E-state index contributed by atoms with van der Waals surface area (Å²) in [7, 11) is 8.44. The number of rotatable bonds is 50. The molecule has 782 valence electrons. The SMILES string of the molecule is C=CC(=O)OCCCCCCC1CCC(OC)CC1.C=CC(=O)OCCCCCCOC1CCC(OC)CC1.C=CC(=O)OCCCCOC(=O)C1CCC(OC)CC1.C=CC(=O)OCCCCOC(=O)Oc1ccc(OC)cc1.C=CC(=O)OCCCCOC(=O)c1ccc(OC)cc1.CC(=O)C1CCC(C(=O)Oc2ccc(OC(=O)C3CCC(C(C)=O)CC3)c3sc(-c4cc5sc(C)cc5s4)nc23)CC1. The molecule has 6 aromatic rings. The molecule has 3 heterocycles. The fraction of sp³-hybridized carbons (Fsp3) is 0.569. The molecule has 3 aromatic heterocycles. The van der Waals surface area contributed by atoms with Gasteiger partial charge < -0.3 is 80.5 Å². The number of unbranched alkanes of at least 4 members (excludes halogenated alkanes) is 9. The Bertz CT molecular complexity index is 4720. The molecule has 11 rings (SSSR count). The van der Waals surface area contributed by atoms with Gasteiger partial charge in [0.25, 0.3) is 0 Å². The van der Waals surface area contributed by atoms with Crippen LogP contribution in [0.1, 0.15) is 254 Å². The molecule has 3 aromatic carbocycles. The molecule has 33 heteroatoms. The molecule has 0 saturated heterocycles. The van der Waals surface area contributed by atoms with Gasteiger partial charge in [-0.15, -0.1) is 34.0 Å². The van der Waals surface area contributed by atoms with Crippen LogP contribution in [0.15, 0.2) is 136 Å². The summed E-state index contributed by atoms with van der Waals surface area (Å²) in [6.07, 6.45) is 39.1. The number of carbonyl (C=O) groups is 12. The van der Waals surface area contributed by atoms with Gasteiger partial charge in [0.05, 0.1) is 120 Å². The molecule has 0 aliphatic heterocycles. The molecule has 0 atom stereocenters. The fourth-order valence-electron chi connectivity index (χ4n) is 16.4. The van der Waals surface area contributed by atoms with E-state index in [9.17, 15) is 57.5 Å². The Morgan fingerprint density at radius 3 is 1.13 bits per heavy atom. The van der Waals surface area contributed by atoms with Gasteiger partial charge in [0.1, 0.15) is 44.0 Å². The first kappa shape index (κ1) is 120. The number of nitrogens with zero attached hydrogens (tertiary/aromatic N) is 1. The van der Waals surface area contributed by atoms with Crippen LogP contribution in [0.3, 0.4) is 0 Å². The second-order valence-corrected chi connectivity index (χ2v) is 38.6. The van der Waals surface area contributed by atoms with E-state index < -0.39 is 24.1 Å². The Labute approximate surface area is 848 Å². The summed E-state index contributed by atoms with van der Waals surface area (Å²) in [4.78, 5) is 146. The number of hydrogen-bond acceptors (Lipinski definition) is 33. The lowest BCUT2D eigenvalue weighted by atomic mass is 9.80. The lowest BCUT2D eigenvalue weighted by molar-refractivity contribution is -0.151. The highest BCUT2D eigenvalue weighted by Crippen LogP contribution is 2.46. The predicted molar refractivity (Wildman–Crippen MR) is 545 cm³/mol. The maximum Gasteiger partial charge on any atom is 0.513 e. The van der Waals surface area contributed by atoms with Crippen LogP contribution in [0.4, 0.5) is 4.79 Å². The van der Waals surface area contributed by atoms with E-state index >= 15 is 0 Å². The average molecular weight is 2030 g/mol. The monoisotopic (exact) mass is 2030 g/mol. The van der Waals surface area contributed by atoms with Crippen molar-refractivity contribution in [1.29, 1.82) is 0 Å². The van der Waals surface area contributed by atoms with Crippen LogP contribution in [-0.2, 0) is 105 Å². The number of hydrogen-bond donors (Lipinski definition) is 0. The van der Waals surface area contributed by atoms with Crippen LogP contribution in [0.25, 0.3) is 29.5 Å². The number of aryl methyl sites for hydroxylation is 1. The Kier molecular flexibility index (Phi) is 59.1. The first-order chi connectivity index (χ1) is 68.7. The van der Waals surface area contributed by atoms with Gasteiger partial charge in [0, 0.05) is 84.4 Å². The number of esters is 9. The zero-order valence-electron chi connectivity index (χ0n) is 84.2. The van der Waals surface area contributed by atoms with Crippen LogP contribution in [0.2, 0.25) is 0 Å². The first-order valence-corrected chi connectivity index (χ1v) is 52.1. The highest BCUT2D eigenvalue weighted by Gasteiger charge is 2.34. The number of aromatic nitrogens is 1. The lowest BCUT2D eigenvalue weighted by Gasteiger charge is -2.27. The highest BCUT2D eigenvalue weighted by molar-refractivity contribution is 7.32. The maximum absolute atomic E-state index is 13.2. The molecule has 30 nitrogen and oxygen atoms in total. The number of thiophene rings is 2. The minimum atomic E-state index is -0.775. The summed E-state index contributed by atoms with van der Waals surface area (Å²) < 4.78 is 91.3. The Morgan fingerprint density at radius 2 is 0.697 bits per heavy atom. The van der Waals surface area contributed by atoms with E-state index in [1.165, 1.54) is 82.7 Å². The van der Waals surface area contributed by atoms with Crippen LogP contribution < -0.4 is 23.7 Å². The van der Waals surface area contributed by atoms with Gasteiger partial charge in [-0.05, 0) is 292 Å². The molecular weight excluding hydrogens is 1880 g/mol. The topological polar surface area (TPSA) is 375 Å². The molecule has 0 amide bonds. The number of methoxy groups -OCH3 is 5. The van der Waals surface area contributed by atoms with Crippen LogP contribution in [-0.4, -0.2) is 196 Å². The van der Waals surface area contributed by atoms with Crippen LogP contribution >= 0.6 is 34.0 Å². The summed E-state index contributed by atoms with van der Waals surface area (Å²) in [6.45, 7) is 25.6. The molecule has 0 radical (unpaired) electrons. The number of Topliss-reactive ketones (excluding diaryl/α,β-unsaturated/α-hetero) is 2. The molecule has 5 fully saturated rings. The van der Waals surface area contributed by atoms with Crippen LogP contribution in [0.5, 0.6) is 28.7 Å². The lowest BCUT2D eigenvalue weighted by Crippen LogP contribution is -2.28. The van der Waals surface area contributed by atoms with Gasteiger partial charge in [-0.25, -0.2) is 38.5 Å². The Hall–Kier alpha value is -10.8. The number of benzene rings is 3. The molecule has 142 heavy (non-hydrogen) atoms. The Balaban J connectivity index is 0.000000271. The Morgan fingerprint density at radius 1 is 0.345 bits per heavy atom. The van der Waals surface area contributed by atoms with Crippen molar-refractivity contribution in [2.24, 2.45) is 35.5 Å². The highest BCUT2D eigenvalue weighted by atomic mass is 32.1. The van der Waals surface area contributed by atoms with Gasteiger partial charge in [-0.2, -0.15) is 0 Å². The van der Waals surface area contributed by atoms with Crippen molar-refractivity contribution >= 4 is 125 Å². The third-order valence-corrected chi connectivity index (χ3v) is 28.4. The molecule has 0 bridgehead atoms. The average Bonchev–Trinajstić information content (AvgIpc) is 1.61. The summed E-state index contributed by atoms with van der Waals surface area (Å²) in [5.74, 6) is 0.242. The molecule has 0 unspecified atom stereocenters. The zero-order chi connectivity index (χ0) is 103. The van der Waals surface area contributed by atoms with Crippen molar-refractivity contribution in [3.05, 3.63) is 147 Å². The molecular formula is C109H149NO29S3. The van der Waals surface area contributed by atoms with Crippen molar-refractivity contribution in [1.82, 2.24) is 4.98 Å². The standard InChI is InChI=1S/C32H33NO6S3.C16H28O4.C16H28O3.C15H18O6.C15H24O5.C15H18O5/c1-16-14-25-26(40-16)15-27(41-25)30-33-28-23(38-31(36)21-8-4-19(5-9-21)17(2)34)12-13-24(29(28)42-30)39-32(37)22-10-6-20(7-11-22)18(3)35;1-3-16(17)20-13-7-5-4-6-12-19-15-10-8-14(18-2)9-11-15;1-3-16(17)19-13-7-5-4-6-8-14-9-11-15(18-2)12-10-14;1-3-14(16)19-10-4-5-11-20-15(17)21-13-8-6-12(18-2)7-9-13;2*1-3-14(16)19-10-4-5-11-20-15(17)12-6-8-13(18-2)9-7-12/h12-15,19-22H,4-11H2,1-3H3;3,14-15H,1,4-13H2,2H3;3,14-15H,1,4-13H2,2H3;3,6-9H,1,4-5,10-11H2,2H3;3,12-13H,1,4-11H2,2H3;3,6-9H,1,4-5,10-11H2,2H3. The molecule has 5 aliphatic rings. The quantitative estimate of drug-likeness (QED) is 0.00854. The molecule has 5 aliphatic carbocycles. The number of carbonyl (C=O) groups excluding carboxylic acids is 12. The van der Waals surface area contributed by atoms with Crippen molar-refractivity contribution in [3.63, 3.8) is 0 Å². The van der Waals surface area contributed by atoms with Crippen molar-refractivity contribution in [3.8, 4) is 38.6 Å². The first-order valence-electron chi connectivity index (χ1n) is 49.7. The number of fused-ring (bicyclic) bond motifs is 2. The van der Waals surface area contributed by atoms with Crippen molar-refractivity contribution in [2.45, 2.75) is 270 Å². The van der Waals surface area contributed by atoms with E-state index in [1.807, 2.05) is 7.11 Å². The van der Waals surface area contributed by atoms with Crippen molar-refractivity contribution in [2.75, 3.05) is 95.0 Å². The molecule has 5 saturated carbocycles. The molecule has 0 spiro atoms. The van der Waals surface area contributed by atoms with E-state index in [0.29, 0.717) is 192 Å². The smallest absolute Gasteiger partial charge is 0.497 e. The van der Waals surface area contributed by atoms with E-state index in [0.717, 1.165) is 131 Å². The van der Waals surface area contributed by atoms with E-state index in [1.54, 1.807) is 126 Å². The summed E-state index contributed by atoms with van der Waals surface area (Å²) in [5.41, 5.74) is 0.975. The third kappa shape index (κ3) is 47.2. The van der Waals surface area contributed by atoms with Gasteiger partial charge in [-0.3, -0.25) is 24.0 Å². The van der Waals surface area contributed by atoms with E-state index in [2.05, 4.69) is 52.0 Å². The molecule has 0 N–H and O–H groups in total. The van der Waals surface area contributed by atoms with Crippen LogP contribution in [0, 0.1) is 42.4 Å². The van der Waals surface area contributed by atoms with Gasteiger partial charge in [0.2, 0.25) is 0 Å². The minimum Gasteiger partial charge on any atom is -0.497 e. The minimum absolute atomic E-state index is 0.0139. The summed E-state index contributed by atoms with van der Waals surface area (Å²) in [6, 6.07) is 20.9. The predicted octanol–water partition coefficient (Wildman–Crippen LogP) is 22.6. The largest absolute Gasteiger partial charge is 0.513 e. The van der Waals surface area contributed by atoms with E-state index in [4.69, 9.17) is 85.5 Å². The van der Waals surface area contributed by atoms with E-state index in [-0.39, 0.29) is 96.8 Å². The number of ether oxygens (including phenoxy) is 17. The summed E-state index contributed by atoms with van der Waals surface area (Å²) in [5, 5.41) is 0.779. The maximum atomic E-state index is 13.2. The number of ketones is 2. The second kappa shape index (κ2) is 70.0.